The molecule has 0 N–H and O–H groups in total. The van der Waals surface area contributed by atoms with Crippen molar-refractivity contribution in [2.24, 2.45) is 0 Å². The summed E-state index contributed by atoms with van der Waals surface area (Å²) in [6.07, 6.45) is 1.67. The largest absolute Gasteiger partial charge is 0.416 e. The van der Waals surface area contributed by atoms with Crippen LogP contribution in [0.5, 0.6) is 11.8 Å². The first-order valence-electron chi connectivity index (χ1n) is 3.97. The first-order valence-corrected chi connectivity index (χ1v) is 5.05. The fourth-order valence-electron chi connectivity index (χ4n) is 0.937. The summed E-state index contributed by atoms with van der Waals surface area (Å²) in [5.74, 6) is 1.69. The third-order valence-electron chi connectivity index (χ3n) is 1.53. The number of halogens is 1. The number of ether oxygens (including phenoxy) is 1. The third-order valence-corrected chi connectivity index (χ3v) is 2.35. The number of hydrogen-bond donors (Lipinski definition) is 0. The predicted octanol–water partition coefficient (Wildman–Crippen LogP) is 2.77. The highest BCUT2D eigenvalue weighted by molar-refractivity contribution is 14.1. The molecule has 2 aromatic heterocycles. The Balaban J connectivity index is 2.23. The Morgan fingerprint density at radius 1 is 1.50 bits per heavy atom. The van der Waals surface area contributed by atoms with Gasteiger partial charge < -0.3 is 9.26 Å². The van der Waals surface area contributed by atoms with Crippen LogP contribution in [0.3, 0.4) is 0 Å². The molecule has 0 aliphatic heterocycles. The molecule has 0 aliphatic carbocycles. The van der Waals surface area contributed by atoms with Gasteiger partial charge in [-0.05, 0) is 46.8 Å². The molecule has 0 unspecified atom stereocenters. The normalized spacial score (nSPS) is 10.1. The number of aryl methyl sites for hydroxylation is 1. The zero-order valence-electron chi connectivity index (χ0n) is 7.40. The zero-order valence-corrected chi connectivity index (χ0v) is 9.56. The van der Waals surface area contributed by atoms with Crippen LogP contribution in [0.4, 0.5) is 0 Å². The van der Waals surface area contributed by atoms with Gasteiger partial charge in [-0.25, -0.2) is 4.98 Å². The smallest absolute Gasteiger partial charge is 0.261 e. The Morgan fingerprint density at radius 3 is 3.00 bits per heavy atom. The van der Waals surface area contributed by atoms with Gasteiger partial charge >= 0.3 is 0 Å². The van der Waals surface area contributed by atoms with Gasteiger partial charge in [-0.2, -0.15) is 0 Å². The number of rotatable bonds is 2. The van der Waals surface area contributed by atoms with Crippen LogP contribution in [0, 0.1) is 10.5 Å². The molecule has 0 aromatic carbocycles. The van der Waals surface area contributed by atoms with Crippen LogP contribution >= 0.6 is 22.6 Å². The summed E-state index contributed by atoms with van der Waals surface area (Å²) in [5.41, 5.74) is 0. The highest BCUT2D eigenvalue weighted by Crippen LogP contribution is 2.23. The second-order valence-corrected chi connectivity index (χ2v) is 3.83. The molecule has 0 fully saturated rings. The van der Waals surface area contributed by atoms with Crippen LogP contribution in [-0.2, 0) is 0 Å². The first kappa shape index (κ1) is 9.45. The monoisotopic (exact) mass is 302 g/mol. The van der Waals surface area contributed by atoms with Crippen molar-refractivity contribution in [3.63, 3.8) is 0 Å². The van der Waals surface area contributed by atoms with E-state index in [1.807, 2.05) is 19.1 Å². The number of nitrogens with zero attached hydrogens (tertiary/aromatic N) is 2. The Labute approximate surface area is 94.4 Å². The van der Waals surface area contributed by atoms with Crippen molar-refractivity contribution in [3.05, 3.63) is 33.7 Å². The minimum atomic E-state index is 0.430. The fraction of sp³-hybridized carbons (Fsp3) is 0.111. The molecule has 5 heteroatoms. The van der Waals surface area contributed by atoms with Crippen molar-refractivity contribution in [3.8, 4) is 11.8 Å². The minimum absolute atomic E-state index is 0.430. The van der Waals surface area contributed by atoms with E-state index in [9.17, 15) is 0 Å². The van der Waals surface area contributed by atoms with E-state index in [0.29, 0.717) is 17.5 Å². The van der Waals surface area contributed by atoms with Crippen molar-refractivity contribution < 1.29 is 9.26 Å². The number of pyridine rings is 1. The maximum absolute atomic E-state index is 5.41. The van der Waals surface area contributed by atoms with Gasteiger partial charge in [0.05, 0.1) is 3.57 Å². The van der Waals surface area contributed by atoms with Gasteiger partial charge in [0.2, 0.25) is 5.88 Å². The Bertz CT molecular complexity index is 442. The van der Waals surface area contributed by atoms with E-state index in [1.54, 1.807) is 12.3 Å². The van der Waals surface area contributed by atoms with Crippen LogP contribution in [-0.4, -0.2) is 10.1 Å². The lowest BCUT2D eigenvalue weighted by molar-refractivity contribution is 0.349. The number of aromatic nitrogens is 2. The summed E-state index contributed by atoms with van der Waals surface area (Å²) >= 11 is 2.15. The molecule has 0 saturated carbocycles. The van der Waals surface area contributed by atoms with E-state index in [-0.39, 0.29) is 0 Å². The maximum Gasteiger partial charge on any atom is 0.261 e. The van der Waals surface area contributed by atoms with E-state index in [1.165, 1.54) is 0 Å². The molecule has 0 bridgehead atoms. The van der Waals surface area contributed by atoms with Crippen molar-refractivity contribution in [2.75, 3.05) is 0 Å². The maximum atomic E-state index is 5.41. The molecule has 0 atom stereocenters. The fourth-order valence-corrected chi connectivity index (χ4v) is 1.39. The van der Waals surface area contributed by atoms with Crippen LogP contribution in [0.1, 0.15) is 5.76 Å². The van der Waals surface area contributed by atoms with Crippen molar-refractivity contribution >= 4 is 22.6 Å². The zero-order chi connectivity index (χ0) is 9.97. The average molecular weight is 302 g/mol. The second-order valence-electron chi connectivity index (χ2n) is 2.67. The lowest BCUT2D eigenvalue weighted by Gasteiger charge is -2.00. The molecule has 14 heavy (non-hydrogen) atoms. The van der Waals surface area contributed by atoms with Gasteiger partial charge in [-0.3, -0.25) is 0 Å². The molecular weight excluding hydrogens is 295 g/mol. The van der Waals surface area contributed by atoms with Crippen LogP contribution in [0.25, 0.3) is 0 Å². The molecule has 2 heterocycles. The highest BCUT2D eigenvalue weighted by Gasteiger charge is 2.06. The van der Waals surface area contributed by atoms with E-state index >= 15 is 0 Å². The molecule has 2 aromatic rings. The lowest BCUT2D eigenvalue weighted by Crippen LogP contribution is -1.89. The van der Waals surface area contributed by atoms with Gasteiger partial charge in [-0.1, -0.05) is 0 Å². The van der Waals surface area contributed by atoms with Crippen LogP contribution < -0.4 is 4.74 Å². The van der Waals surface area contributed by atoms with Crippen LogP contribution in [0.15, 0.2) is 28.9 Å². The molecule has 0 aliphatic rings. The van der Waals surface area contributed by atoms with Crippen molar-refractivity contribution in [2.45, 2.75) is 6.92 Å². The summed E-state index contributed by atoms with van der Waals surface area (Å²) in [5, 5.41) is 3.71. The van der Waals surface area contributed by atoms with E-state index in [2.05, 4.69) is 32.7 Å². The van der Waals surface area contributed by atoms with Crippen molar-refractivity contribution in [1.29, 1.82) is 0 Å². The van der Waals surface area contributed by atoms with Gasteiger partial charge in [0.25, 0.3) is 5.88 Å². The molecule has 4 nitrogen and oxygen atoms in total. The minimum Gasteiger partial charge on any atom is -0.416 e. The lowest BCUT2D eigenvalue weighted by atomic mass is 10.5. The Kier molecular flexibility index (Phi) is 2.67. The molecular formula is C9H7IN2O2. The molecule has 0 amide bonds. The van der Waals surface area contributed by atoms with Crippen molar-refractivity contribution in [1.82, 2.24) is 10.1 Å². The predicted molar refractivity (Wildman–Crippen MR) is 58.3 cm³/mol. The van der Waals surface area contributed by atoms with Gasteiger partial charge in [0.1, 0.15) is 5.76 Å². The topological polar surface area (TPSA) is 48.2 Å². The molecule has 2 rings (SSSR count). The van der Waals surface area contributed by atoms with E-state index in [4.69, 9.17) is 9.26 Å². The summed E-state index contributed by atoms with van der Waals surface area (Å²) < 4.78 is 11.2. The molecule has 72 valence electrons. The summed E-state index contributed by atoms with van der Waals surface area (Å²) in [4.78, 5) is 4.07. The van der Waals surface area contributed by atoms with Gasteiger partial charge in [0.15, 0.2) is 0 Å². The average Bonchev–Trinajstić information content (AvgIpc) is 2.56. The number of hydrogen-bond acceptors (Lipinski definition) is 4. The Hall–Kier alpha value is -1.11. The summed E-state index contributed by atoms with van der Waals surface area (Å²) in [6.45, 7) is 1.81. The highest BCUT2D eigenvalue weighted by atomic mass is 127. The third kappa shape index (κ3) is 2.03. The summed E-state index contributed by atoms with van der Waals surface area (Å²) in [6, 6.07) is 5.48. The standard InChI is InChI=1S/C9H7IN2O2/c1-6-5-8(12-14-6)13-9-7(10)3-2-4-11-9/h2-5H,1H3. The molecule has 0 saturated heterocycles. The second kappa shape index (κ2) is 3.95. The molecule has 0 radical (unpaired) electrons. The Morgan fingerprint density at radius 2 is 2.36 bits per heavy atom. The van der Waals surface area contributed by atoms with E-state index < -0.39 is 0 Å². The quantitative estimate of drug-likeness (QED) is 0.800. The van der Waals surface area contributed by atoms with Gasteiger partial charge in [0, 0.05) is 12.3 Å². The molecule has 0 spiro atoms. The first-order chi connectivity index (χ1) is 6.75. The van der Waals surface area contributed by atoms with E-state index in [0.717, 1.165) is 3.57 Å². The summed E-state index contributed by atoms with van der Waals surface area (Å²) in [7, 11) is 0. The van der Waals surface area contributed by atoms with Gasteiger partial charge in [-0.15, -0.1) is 0 Å². The SMILES string of the molecule is Cc1cc(Oc2ncccc2I)no1. The van der Waals surface area contributed by atoms with Crippen LogP contribution in [0.2, 0.25) is 0 Å².